The number of hydrogen-bond acceptors (Lipinski definition) is 9. The van der Waals surface area contributed by atoms with Crippen molar-refractivity contribution in [3.8, 4) is 11.5 Å². The van der Waals surface area contributed by atoms with Crippen LogP contribution in [0.25, 0.3) is 0 Å². The molecule has 4 atom stereocenters. The van der Waals surface area contributed by atoms with Gasteiger partial charge >= 0.3 is 0 Å². The average Bonchev–Trinajstić information content (AvgIpc) is 2.91. The fraction of sp³-hybridized carbons (Fsp3) is 0.519. The average molecular weight is 507 g/mol. The minimum Gasteiger partial charge on any atom is -0.491 e. The van der Waals surface area contributed by atoms with Gasteiger partial charge in [-0.3, -0.25) is 4.79 Å². The van der Waals surface area contributed by atoms with Gasteiger partial charge in [0.1, 0.15) is 30.5 Å². The van der Waals surface area contributed by atoms with Crippen LogP contribution in [-0.4, -0.2) is 79.1 Å². The van der Waals surface area contributed by atoms with E-state index in [4.69, 9.17) is 29.2 Å². The van der Waals surface area contributed by atoms with Crippen molar-refractivity contribution in [1.29, 1.82) is 0 Å². The summed E-state index contributed by atoms with van der Waals surface area (Å²) in [6.07, 6.45) is -1.21. The van der Waals surface area contributed by atoms with Gasteiger partial charge in [0.25, 0.3) is 0 Å². The Morgan fingerprint density at radius 1 is 0.611 bits per heavy atom. The number of carbonyl (C=O) groups is 1. The molecule has 2 aromatic carbocycles. The topological polar surface area (TPSA) is 135 Å². The first-order chi connectivity index (χ1) is 17.5. The van der Waals surface area contributed by atoms with Crippen LogP contribution in [0.15, 0.2) is 48.5 Å². The standard InChI is InChI=1S/C27H38O9/c1-19(26(35-17-13-30)21-3-7-23(8-4-21)33-15-11-28)25(32)20(2)27(36-18-14-31)22-5-9-24(10-6-22)34-16-12-29/h3-10,19-20,26-31H,11-18H2,1-2H3. The van der Waals surface area contributed by atoms with Gasteiger partial charge < -0.3 is 39.4 Å². The zero-order valence-corrected chi connectivity index (χ0v) is 20.9. The van der Waals surface area contributed by atoms with Gasteiger partial charge in [-0.25, -0.2) is 0 Å². The highest BCUT2D eigenvalue weighted by atomic mass is 16.5. The highest BCUT2D eigenvalue weighted by molar-refractivity contribution is 5.84. The van der Waals surface area contributed by atoms with Crippen molar-refractivity contribution in [2.24, 2.45) is 11.8 Å². The number of hydrogen-bond donors (Lipinski definition) is 4. The van der Waals surface area contributed by atoms with E-state index in [0.717, 1.165) is 11.1 Å². The number of ether oxygens (including phenoxy) is 4. The molecule has 36 heavy (non-hydrogen) atoms. The molecule has 9 heteroatoms. The fourth-order valence-corrected chi connectivity index (χ4v) is 3.97. The summed E-state index contributed by atoms with van der Waals surface area (Å²) in [5, 5.41) is 36.5. The molecule has 4 unspecified atom stereocenters. The van der Waals surface area contributed by atoms with E-state index in [9.17, 15) is 15.0 Å². The van der Waals surface area contributed by atoms with Crippen molar-refractivity contribution in [3.63, 3.8) is 0 Å². The van der Waals surface area contributed by atoms with Gasteiger partial charge in [-0.1, -0.05) is 38.1 Å². The largest absolute Gasteiger partial charge is 0.491 e. The molecule has 0 saturated heterocycles. The zero-order chi connectivity index (χ0) is 26.3. The Morgan fingerprint density at radius 3 is 1.25 bits per heavy atom. The Morgan fingerprint density at radius 2 is 0.944 bits per heavy atom. The fourth-order valence-electron chi connectivity index (χ4n) is 3.97. The van der Waals surface area contributed by atoms with Gasteiger partial charge in [-0.15, -0.1) is 0 Å². The summed E-state index contributed by atoms with van der Waals surface area (Å²) < 4.78 is 22.6. The highest BCUT2D eigenvalue weighted by Gasteiger charge is 2.34. The Hall–Kier alpha value is -2.53. The molecule has 0 aliphatic carbocycles. The van der Waals surface area contributed by atoms with E-state index in [1.165, 1.54) is 0 Å². The van der Waals surface area contributed by atoms with Gasteiger partial charge in [0.2, 0.25) is 0 Å². The molecule has 0 aromatic heterocycles. The lowest BCUT2D eigenvalue weighted by molar-refractivity contribution is -0.137. The molecule has 2 aromatic rings. The molecule has 2 rings (SSSR count). The number of benzene rings is 2. The Kier molecular flexibility index (Phi) is 13.4. The highest BCUT2D eigenvalue weighted by Crippen LogP contribution is 2.35. The number of ketones is 1. The number of carbonyl (C=O) groups excluding carboxylic acids is 1. The minimum absolute atomic E-state index is 0.0686. The first kappa shape index (κ1) is 29.7. The smallest absolute Gasteiger partial charge is 0.144 e. The van der Waals surface area contributed by atoms with E-state index < -0.39 is 24.0 Å². The first-order valence-electron chi connectivity index (χ1n) is 12.1. The molecule has 0 heterocycles. The monoisotopic (exact) mass is 506 g/mol. The van der Waals surface area contributed by atoms with Crippen LogP contribution in [0.1, 0.15) is 37.2 Å². The number of Topliss-reactive ketones (excluding diaryl/α,β-unsaturated/α-hetero) is 1. The third kappa shape index (κ3) is 8.85. The van der Waals surface area contributed by atoms with E-state index in [0.29, 0.717) is 11.5 Å². The molecule has 0 amide bonds. The summed E-state index contributed by atoms with van der Waals surface area (Å²) in [4.78, 5) is 13.6. The van der Waals surface area contributed by atoms with Crippen molar-refractivity contribution >= 4 is 5.78 Å². The number of aliphatic hydroxyl groups excluding tert-OH is 4. The van der Waals surface area contributed by atoms with E-state index in [1.807, 2.05) is 0 Å². The second-order valence-corrected chi connectivity index (χ2v) is 8.29. The van der Waals surface area contributed by atoms with Crippen LogP contribution in [-0.2, 0) is 14.3 Å². The quantitative estimate of drug-likeness (QED) is 0.240. The third-order valence-electron chi connectivity index (χ3n) is 5.72. The molecule has 0 saturated carbocycles. The number of rotatable bonds is 18. The van der Waals surface area contributed by atoms with Crippen LogP contribution in [0.5, 0.6) is 11.5 Å². The van der Waals surface area contributed by atoms with Crippen LogP contribution in [0.4, 0.5) is 0 Å². The second-order valence-electron chi connectivity index (χ2n) is 8.29. The lowest BCUT2D eigenvalue weighted by Gasteiger charge is -2.30. The normalized spacial score (nSPS) is 14.6. The maximum Gasteiger partial charge on any atom is 0.144 e. The number of aliphatic hydroxyl groups is 4. The maximum absolute atomic E-state index is 13.6. The predicted molar refractivity (Wildman–Crippen MR) is 133 cm³/mol. The summed E-state index contributed by atoms with van der Waals surface area (Å²) in [5.41, 5.74) is 1.51. The molecule has 0 fully saturated rings. The molecule has 0 aliphatic rings. The van der Waals surface area contributed by atoms with Crippen LogP contribution >= 0.6 is 0 Å². The summed E-state index contributed by atoms with van der Waals surface area (Å²) in [6.45, 7) is 3.52. The molecule has 0 spiro atoms. The lowest BCUT2D eigenvalue weighted by atomic mass is 9.83. The predicted octanol–water partition coefficient (Wildman–Crippen LogP) is 2.07. The van der Waals surface area contributed by atoms with Crippen molar-refractivity contribution in [3.05, 3.63) is 59.7 Å². The van der Waals surface area contributed by atoms with Crippen molar-refractivity contribution in [1.82, 2.24) is 0 Å². The molecule has 9 nitrogen and oxygen atoms in total. The van der Waals surface area contributed by atoms with Crippen LogP contribution in [0.3, 0.4) is 0 Å². The Bertz CT molecular complexity index is 798. The summed E-state index contributed by atoms with van der Waals surface area (Å²) in [5.74, 6) is -0.0525. The Labute approximate surface area is 212 Å². The van der Waals surface area contributed by atoms with Gasteiger partial charge in [0, 0.05) is 11.8 Å². The van der Waals surface area contributed by atoms with Gasteiger partial charge in [0.05, 0.1) is 51.8 Å². The van der Waals surface area contributed by atoms with Crippen molar-refractivity contribution in [2.75, 3.05) is 52.9 Å². The minimum atomic E-state index is -0.605. The second kappa shape index (κ2) is 16.3. The van der Waals surface area contributed by atoms with E-state index in [1.54, 1.807) is 62.4 Å². The van der Waals surface area contributed by atoms with E-state index >= 15 is 0 Å². The van der Waals surface area contributed by atoms with Crippen LogP contribution < -0.4 is 9.47 Å². The van der Waals surface area contributed by atoms with E-state index in [-0.39, 0.29) is 58.6 Å². The molecular weight excluding hydrogens is 468 g/mol. The summed E-state index contributed by atoms with van der Waals surface area (Å²) in [6, 6.07) is 14.2. The molecule has 0 aliphatic heterocycles. The van der Waals surface area contributed by atoms with Crippen molar-refractivity contribution < 1.29 is 44.2 Å². The Balaban J connectivity index is 2.23. The summed E-state index contributed by atoms with van der Waals surface area (Å²) in [7, 11) is 0. The molecule has 0 bridgehead atoms. The lowest BCUT2D eigenvalue weighted by Crippen LogP contribution is -2.31. The van der Waals surface area contributed by atoms with Crippen LogP contribution in [0.2, 0.25) is 0 Å². The molecule has 4 N–H and O–H groups in total. The maximum atomic E-state index is 13.6. The van der Waals surface area contributed by atoms with Gasteiger partial charge in [-0.2, -0.15) is 0 Å². The molecule has 0 radical (unpaired) electrons. The SMILES string of the molecule is CC(C(=O)C(C)C(OCCO)c1ccc(OCCO)cc1)C(OCCO)c1ccc(OCCO)cc1. The van der Waals surface area contributed by atoms with Crippen molar-refractivity contribution in [2.45, 2.75) is 26.1 Å². The first-order valence-corrected chi connectivity index (χ1v) is 12.1. The zero-order valence-electron chi connectivity index (χ0n) is 20.9. The van der Waals surface area contributed by atoms with Gasteiger partial charge in [-0.05, 0) is 35.4 Å². The third-order valence-corrected chi connectivity index (χ3v) is 5.72. The molecule has 200 valence electrons. The van der Waals surface area contributed by atoms with Gasteiger partial charge in [0.15, 0.2) is 0 Å². The summed E-state index contributed by atoms with van der Waals surface area (Å²) >= 11 is 0. The van der Waals surface area contributed by atoms with Crippen LogP contribution in [0, 0.1) is 11.8 Å². The molecular formula is C27H38O9. The van der Waals surface area contributed by atoms with E-state index in [2.05, 4.69) is 0 Å².